The summed E-state index contributed by atoms with van der Waals surface area (Å²) in [5.41, 5.74) is 1.93. The quantitative estimate of drug-likeness (QED) is 0.676. The Morgan fingerprint density at radius 3 is 2.52 bits per heavy atom. The number of thiocarbonyl (C=S) groups is 1. The molecule has 1 aliphatic rings. The number of hydrogen-bond acceptors (Lipinski definition) is 5. The zero-order chi connectivity index (χ0) is 15.6. The molecule has 0 aliphatic carbocycles. The topological polar surface area (TPSA) is 60.9 Å². The Morgan fingerprint density at radius 2 is 2.00 bits per heavy atom. The van der Waals surface area contributed by atoms with E-state index in [1.54, 1.807) is 6.08 Å². The van der Waals surface area contributed by atoms with Crippen LogP contribution < -0.4 is 4.90 Å². The van der Waals surface area contributed by atoms with Gasteiger partial charge in [0.25, 0.3) is 5.91 Å². The molecule has 0 bridgehead atoms. The van der Waals surface area contributed by atoms with Crippen LogP contribution in [0.3, 0.4) is 0 Å². The van der Waals surface area contributed by atoms with Crippen LogP contribution in [0.4, 0.5) is 5.69 Å². The maximum Gasteiger partial charge on any atom is 0.323 e. The van der Waals surface area contributed by atoms with E-state index in [1.165, 1.54) is 0 Å². The number of thioether (sulfide) groups is 1. The predicted octanol–water partition coefficient (Wildman–Crippen LogP) is 2.04. The van der Waals surface area contributed by atoms with Gasteiger partial charge in [-0.2, -0.15) is 0 Å². The van der Waals surface area contributed by atoms with Gasteiger partial charge in [-0.15, -0.1) is 0 Å². The molecular weight excluding hydrogens is 308 g/mol. The standard InChI is InChI=1S/C14H14N2O3S2/c1-15(2)10-5-3-9(4-6-10)7-11-13(19)16(8-12(17)18)14(20)21-11/h3-7H,8H2,1-2H3,(H,17,18)/b11-7-. The highest BCUT2D eigenvalue weighted by molar-refractivity contribution is 8.26. The van der Waals surface area contributed by atoms with Crippen molar-refractivity contribution in [3.63, 3.8) is 0 Å². The number of carboxylic acids is 1. The van der Waals surface area contributed by atoms with Gasteiger partial charge in [-0.25, -0.2) is 0 Å². The highest BCUT2D eigenvalue weighted by atomic mass is 32.2. The number of amides is 1. The first-order valence-corrected chi connectivity index (χ1v) is 7.35. The van der Waals surface area contributed by atoms with Crippen LogP contribution in [0.1, 0.15) is 5.56 Å². The minimum absolute atomic E-state index is 0.276. The van der Waals surface area contributed by atoms with Crippen molar-refractivity contribution in [2.45, 2.75) is 0 Å². The first kappa shape index (κ1) is 15.5. The van der Waals surface area contributed by atoms with Gasteiger partial charge >= 0.3 is 5.97 Å². The fraction of sp³-hybridized carbons (Fsp3) is 0.214. The van der Waals surface area contributed by atoms with Crippen molar-refractivity contribution in [1.29, 1.82) is 0 Å². The van der Waals surface area contributed by atoms with Crippen molar-refractivity contribution in [3.05, 3.63) is 34.7 Å². The van der Waals surface area contributed by atoms with E-state index in [0.29, 0.717) is 4.91 Å². The molecule has 1 aromatic carbocycles. The highest BCUT2D eigenvalue weighted by Gasteiger charge is 2.33. The molecule has 0 spiro atoms. The molecule has 1 aliphatic heterocycles. The molecule has 7 heteroatoms. The summed E-state index contributed by atoms with van der Waals surface area (Å²) in [5.74, 6) is -1.44. The third kappa shape index (κ3) is 3.62. The van der Waals surface area contributed by atoms with Gasteiger partial charge in [0.05, 0.1) is 4.91 Å². The summed E-state index contributed by atoms with van der Waals surface area (Å²) in [5, 5.41) is 8.78. The first-order valence-electron chi connectivity index (χ1n) is 6.13. The van der Waals surface area contributed by atoms with Crippen LogP contribution in [0.2, 0.25) is 0 Å². The van der Waals surface area contributed by atoms with Gasteiger partial charge in [0.1, 0.15) is 10.9 Å². The van der Waals surface area contributed by atoms with Crippen LogP contribution >= 0.6 is 24.0 Å². The summed E-state index contributed by atoms with van der Waals surface area (Å²) in [6, 6.07) is 7.70. The molecule has 5 nitrogen and oxygen atoms in total. The average Bonchev–Trinajstić information content (AvgIpc) is 2.67. The smallest absolute Gasteiger partial charge is 0.323 e. The largest absolute Gasteiger partial charge is 0.480 e. The van der Waals surface area contributed by atoms with Crippen LogP contribution in [0.15, 0.2) is 29.2 Å². The lowest BCUT2D eigenvalue weighted by molar-refractivity contribution is -0.140. The van der Waals surface area contributed by atoms with E-state index in [-0.39, 0.29) is 10.2 Å². The number of rotatable bonds is 4. The molecule has 0 saturated carbocycles. The molecule has 0 unspecified atom stereocenters. The Labute approximate surface area is 132 Å². The summed E-state index contributed by atoms with van der Waals surface area (Å²) in [4.78, 5) is 26.4. The molecule has 2 rings (SSSR count). The fourth-order valence-electron chi connectivity index (χ4n) is 1.79. The molecule has 110 valence electrons. The Hall–Kier alpha value is -1.86. The van der Waals surface area contributed by atoms with Gasteiger partial charge in [0, 0.05) is 19.8 Å². The maximum atomic E-state index is 12.1. The summed E-state index contributed by atoms with van der Waals surface area (Å²) < 4.78 is 0.276. The molecule has 1 saturated heterocycles. The SMILES string of the molecule is CN(C)c1ccc(/C=C2\SC(=S)N(CC(=O)O)C2=O)cc1. The highest BCUT2D eigenvalue weighted by Crippen LogP contribution is 2.32. The molecule has 1 heterocycles. The van der Waals surface area contributed by atoms with E-state index in [0.717, 1.165) is 27.9 Å². The van der Waals surface area contributed by atoms with E-state index in [1.807, 2.05) is 43.3 Å². The molecule has 1 fully saturated rings. The maximum absolute atomic E-state index is 12.1. The van der Waals surface area contributed by atoms with Crippen molar-refractivity contribution in [3.8, 4) is 0 Å². The second kappa shape index (κ2) is 6.28. The van der Waals surface area contributed by atoms with Gasteiger partial charge in [0.2, 0.25) is 0 Å². The summed E-state index contributed by atoms with van der Waals surface area (Å²) in [6.07, 6.45) is 1.72. The zero-order valence-corrected chi connectivity index (χ0v) is 13.2. The van der Waals surface area contributed by atoms with Gasteiger partial charge in [0.15, 0.2) is 0 Å². The molecule has 0 atom stereocenters. The van der Waals surface area contributed by atoms with Crippen LogP contribution in [-0.2, 0) is 9.59 Å². The van der Waals surface area contributed by atoms with Crippen molar-refractivity contribution in [2.75, 3.05) is 25.5 Å². The molecule has 0 radical (unpaired) electrons. The van der Waals surface area contributed by atoms with Crippen LogP contribution in [-0.4, -0.2) is 46.8 Å². The van der Waals surface area contributed by atoms with E-state index < -0.39 is 12.5 Å². The average molecular weight is 322 g/mol. The molecule has 1 N–H and O–H groups in total. The minimum Gasteiger partial charge on any atom is -0.480 e. The van der Waals surface area contributed by atoms with Crippen molar-refractivity contribution < 1.29 is 14.7 Å². The summed E-state index contributed by atoms with van der Waals surface area (Å²) >= 11 is 6.17. The number of carboxylic acid groups (broad SMARTS) is 1. The van der Waals surface area contributed by atoms with Crippen molar-refractivity contribution in [2.24, 2.45) is 0 Å². The van der Waals surface area contributed by atoms with Gasteiger partial charge in [-0.05, 0) is 23.8 Å². The lowest BCUT2D eigenvalue weighted by Crippen LogP contribution is -2.33. The van der Waals surface area contributed by atoms with Crippen LogP contribution in [0.25, 0.3) is 6.08 Å². The molecule has 1 amide bonds. The number of carbonyl (C=O) groups excluding carboxylic acids is 1. The predicted molar refractivity (Wildman–Crippen MR) is 88.3 cm³/mol. The lowest BCUT2D eigenvalue weighted by Gasteiger charge is -2.12. The number of anilines is 1. The first-order chi connectivity index (χ1) is 9.88. The van der Waals surface area contributed by atoms with Gasteiger partial charge in [-0.1, -0.05) is 36.1 Å². The molecule has 21 heavy (non-hydrogen) atoms. The monoisotopic (exact) mass is 322 g/mol. The zero-order valence-electron chi connectivity index (χ0n) is 11.6. The molecule has 1 aromatic rings. The van der Waals surface area contributed by atoms with Crippen LogP contribution in [0, 0.1) is 0 Å². The van der Waals surface area contributed by atoms with E-state index in [2.05, 4.69) is 0 Å². The fourth-order valence-corrected chi connectivity index (χ4v) is 3.05. The van der Waals surface area contributed by atoms with Gasteiger partial charge in [-0.3, -0.25) is 14.5 Å². The molecular formula is C14H14N2O3S2. The summed E-state index contributed by atoms with van der Waals surface area (Å²) in [7, 11) is 3.90. The Balaban J connectivity index is 2.20. The van der Waals surface area contributed by atoms with E-state index in [9.17, 15) is 9.59 Å². The third-order valence-electron chi connectivity index (χ3n) is 2.87. The molecule has 0 aromatic heterocycles. The second-order valence-corrected chi connectivity index (χ2v) is 6.32. The second-order valence-electron chi connectivity index (χ2n) is 4.65. The van der Waals surface area contributed by atoms with E-state index in [4.69, 9.17) is 17.3 Å². The summed E-state index contributed by atoms with van der Waals surface area (Å²) in [6.45, 7) is -0.401. The van der Waals surface area contributed by atoms with Gasteiger partial charge < -0.3 is 10.0 Å². The Kier molecular flexibility index (Phi) is 4.64. The number of hydrogen-bond donors (Lipinski definition) is 1. The normalized spacial score (nSPS) is 16.7. The third-order valence-corrected chi connectivity index (χ3v) is 4.25. The van der Waals surface area contributed by atoms with Crippen molar-refractivity contribution in [1.82, 2.24) is 4.90 Å². The number of carbonyl (C=O) groups is 2. The number of benzene rings is 1. The Bertz CT molecular complexity index is 624. The Morgan fingerprint density at radius 1 is 1.38 bits per heavy atom. The number of aliphatic carboxylic acids is 1. The number of nitrogens with zero attached hydrogens (tertiary/aromatic N) is 2. The minimum atomic E-state index is -1.08. The van der Waals surface area contributed by atoms with E-state index >= 15 is 0 Å². The lowest BCUT2D eigenvalue weighted by atomic mass is 10.2. The van der Waals surface area contributed by atoms with Crippen LogP contribution in [0.5, 0.6) is 0 Å². The van der Waals surface area contributed by atoms with Crippen molar-refractivity contribution >= 4 is 51.9 Å².